The third kappa shape index (κ3) is 17.0. The van der Waals surface area contributed by atoms with E-state index in [4.69, 9.17) is 14.2 Å². The van der Waals surface area contributed by atoms with Gasteiger partial charge in [0.1, 0.15) is 25.0 Å². The van der Waals surface area contributed by atoms with E-state index in [1.807, 2.05) is 4.98 Å². The number of esters is 2. The third-order valence-corrected chi connectivity index (χ3v) is 9.44. The van der Waals surface area contributed by atoms with Gasteiger partial charge in [-0.1, -0.05) is 117 Å². The van der Waals surface area contributed by atoms with Crippen LogP contribution in [0.4, 0.5) is 4.39 Å². The Balaban J connectivity index is 1.99. The van der Waals surface area contributed by atoms with Crippen LogP contribution in [0.25, 0.3) is 0 Å². The number of aromatic amines is 1. The quantitative estimate of drug-likeness (QED) is 0.0618. The average molecular weight is 727 g/mol. The second-order valence-electron chi connectivity index (χ2n) is 13.7. The van der Waals surface area contributed by atoms with Crippen LogP contribution in [0, 0.1) is 17.7 Å². The van der Waals surface area contributed by atoms with Gasteiger partial charge in [-0.05, 0) is 12.8 Å². The van der Waals surface area contributed by atoms with E-state index in [1.54, 1.807) is 0 Å². The summed E-state index contributed by atoms with van der Waals surface area (Å²) in [4.78, 5) is 75.3. The number of ether oxygens (including phenoxy) is 3. The smallest absolute Gasteiger partial charge is 0.330 e. The number of aliphatic carboxylic acids is 2. The van der Waals surface area contributed by atoms with Crippen molar-refractivity contribution >= 4 is 23.9 Å². The van der Waals surface area contributed by atoms with E-state index in [0.29, 0.717) is 31.9 Å². The molecule has 3 N–H and O–H groups in total. The van der Waals surface area contributed by atoms with Crippen molar-refractivity contribution in [1.29, 1.82) is 0 Å². The monoisotopic (exact) mass is 726 g/mol. The first-order valence-corrected chi connectivity index (χ1v) is 18.9. The van der Waals surface area contributed by atoms with Crippen LogP contribution in [0.1, 0.15) is 155 Å². The first kappa shape index (κ1) is 43.6. The molecular formula is C37H59FN2O11. The summed E-state index contributed by atoms with van der Waals surface area (Å²) in [5.74, 6) is -7.04. The molecule has 3 unspecified atom stereocenters. The Morgan fingerprint density at radius 3 is 1.76 bits per heavy atom. The van der Waals surface area contributed by atoms with Gasteiger partial charge in [-0.3, -0.25) is 33.5 Å². The van der Waals surface area contributed by atoms with E-state index in [9.17, 15) is 43.4 Å². The Bertz CT molecular complexity index is 1330. The summed E-state index contributed by atoms with van der Waals surface area (Å²) in [6, 6.07) is 0. The number of unbranched alkanes of at least 4 members (excludes halogenated alkanes) is 14. The molecule has 0 spiro atoms. The number of nitrogens with one attached hydrogen (secondary N) is 1. The zero-order valence-electron chi connectivity index (χ0n) is 30.4. The molecule has 1 fully saturated rings. The van der Waals surface area contributed by atoms with Crippen LogP contribution in [0.3, 0.4) is 0 Å². The number of rotatable bonds is 28. The van der Waals surface area contributed by atoms with Crippen molar-refractivity contribution in [2.45, 2.75) is 167 Å². The predicted octanol–water partition coefficient (Wildman–Crippen LogP) is 6.66. The number of aromatic nitrogens is 2. The summed E-state index contributed by atoms with van der Waals surface area (Å²) in [6.07, 6.45) is 13.3. The molecular weight excluding hydrogens is 667 g/mol. The molecule has 0 amide bonds. The molecule has 5 atom stereocenters. The number of carbonyl (C=O) groups is 4. The van der Waals surface area contributed by atoms with Gasteiger partial charge in [0.25, 0.3) is 5.56 Å². The van der Waals surface area contributed by atoms with E-state index >= 15 is 0 Å². The molecule has 1 aromatic rings. The summed E-state index contributed by atoms with van der Waals surface area (Å²) in [5, 5.41) is 19.4. The minimum absolute atomic E-state index is 0.189. The molecule has 51 heavy (non-hydrogen) atoms. The molecule has 290 valence electrons. The van der Waals surface area contributed by atoms with Crippen LogP contribution in [-0.2, 0) is 33.4 Å². The Labute approximate surface area is 299 Å². The van der Waals surface area contributed by atoms with Crippen LogP contribution in [-0.4, -0.2) is 62.5 Å². The van der Waals surface area contributed by atoms with Crippen LogP contribution in [0.2, 0.25) is 0 Å². The largest absolute Gasteiger partial charge is 0.481 e. The number of hydrogen-bond donors (Lipinski definition) is 3. The fourth-order valence-electron chi connectivity index (χ4n) is 6.35. The summed E-state index contributed by atoms with van der Waals surface area (Å²) in [5.41, 5.74) is -2.20. The lowest BCUT2D eigenvalue weighted by atomic mass is 9.97. The van der Waals surface area contributed by atoms with Crippen molar-refractivity contribution in [3.63, 3.8) is 0 Å². The predicted molar refractivity (Wildman–Crippen MR) is 187 cm³/mol. The minimum Gasteiger partial charge on any atom is -0.481 e. The number of H-pyrrole nitrogens is 1. The second-order valence-corrected chi connectivity index (χ2v) is 13.7. The highest BCUT2D eigenvalue weighted by Crippen LogP contribution is 2.31. The van der Waals surface area contributed by atoms with Crippen molar-refractivity contribution in [3.8, 4) is 0 Å². The molecule has 0 bridgehead atoms. The van der Waals surface area contributed by atoms with Gasteiger partial charge in [0.05, 0.1) is 30.9 Å². The SMILES string of the molecule is CCCCCCCCCCC(CC(=O)OC[C@@H]1O[C@H](n2cc(F)c(=O)[nH]c2=O)CC1OC(=O)CC(CCCCCCCCCC)C(=O)O)C(=O)O. The highest BCUT2D eigenvalue weighted by atomic mass is 19.1. The number of hydrogen-bond acceptors (Lipinski definition) is 9. The molecule has 2 rings (SSSR count). The molecule has 1 aliphatic heterocycles. The number of carbonyl (C=O) groups excluding carboxylic acids is 2. The normalized spacial score (nSPS) is 18.3. The Morgan fingerprint density at radius 1 is 0.804 bits per heavy atom. The topological polar surface area (TPSA) is 191 Å². The minimum atomic E-state index is -1.25. The molecule has 14 heteroatoms. The molecule has 0 aromatic carbocycles. The Morgan fingerprint density at radius 2 is 1.27 bits per heavy atom. The second kappa shape index (κ2) is 24.6. The lowest BCUT2D eigenvalue weighted by molar-refractivity contribution is -0.163. The maximum Gasteiger partial charge on any atom is 0.330 e. The van der Waals surface area contributed by atoms with Crippen molar-refractivity contribution in [1.82, 2.24) is 9.55 Å². The molecule has 1 aromatic heterocycles. The zero-order valence-corrected chi connectivity index (χ0v) is 30.4. The van der Waals surface area contributed by atoms with E-state index in [1.165, 1.54) is 25.7 Å². The van der Waals surface area contributed by atoms with E-state index in [2.05, 4.69) is 13.8 Å². The first-order valence-electron chi connectivity index (χ1n) is 18.9. The van der Waals surface area contributed by atoms with Crippen molar-refractivity contribution in [2.75, 3.05) is 6.61 Å². The Kier molecular flexibility index (Phi) is 21.0. The lowest BCUT2D eigenvalue weighted by Gasteiger charge is -2.20. The maximum absolute atomic E-state index is 14.1. The maximum atomic E-state index is 14.1. The van der Waals surface area contributed by atoms with Crippen molar-refractivity contribution in [3.05, 3.63) is 32.9 Å². The fraction of sp³-hybridized carbons (Fsp3) is 0.784. The van der Waals surface area contributed by atoms with Crippen molar-refractivity contribution in [2.24, 2.45) is 11.8 Å². The third-order valence-electron chi connectivity index (χ3n) is 9.44. The number of halogens is 1. The number of nitrogens with zero attached hydrogens (tertiary/aromatic N) is 1. The summed E-state index contributed by atoms with van der Waals surface area (Å²) >= 11 is 0. The van der Waals surface area contributed by atoms with Crippen LogP contribution in [0.5, 0.6) is 0 Å². The molecule has 0 saturated carbocycles. The van der Waals surface area contributed by atoms with E-state index in [0.717, 1.165) is 68.8 Å². The standard InChI is InChI=1S/C37H59FN2O11/c1-3-5-7-9-11-13-15-17-19-26(35(44)45)21-32(41)49-25-30-29(23-31(50-30)40-24-28(38)34(43)39-37(40)48)51-33(42)22-27(36(46)47)20-18-16-14-12-10-8-6-4-2/h24,26-27,29-31H,3-23,25H2,1-2H3,(H,44,45)(H,46,47)(H,39,43,48)/t26?,27?,29?,30-,31-/m0/s1. The fourth-order valence-corrected chi connectivity index (χ4v) is 6.35. The van der Waals surface area contributed by atoms with Crippen LogP contribution < -0.4 is 11.2 Å². The highest BCUT2D eigenvalue weighted by Gasteiger charge is 2.41. The number of carboxylic acid groups (broad SMARTS) is 2. The van der Waals surface area contributed by atoms with E-state index in [-0.39, 0.29) is 12.8 Å². The zero-order chi connectivity index (χ0) is 37.6. The summed E-state index contributed by atoms with van der Waals surface area (Å²) < 4.78 is 31.6. The molecule has 0 radical (unpaired) electrons. The van der Waals surface area contributed by atoms with Gasteiger partial charge in [0, 0.05) is 6.42 Å². The first-order chi connectivity index (χ1) is 24.5. The molecule has 2 heterocycles. The van der Waals surface area contributed by atoms with Gasteiger partial charge in [0.2, 0.25) is 5.82 Å². The van der Waals surface area contributed by atoms with Crippen LogP contribution >= 0.6 is 0 Å². The molecule has 1 aliphatic rings. The van der Waals surface area contributed by atoms with Gasteiger partial charge >= 0.3 is 29.6 Å². The van der Waals surface area contributed by atoms with Crippen molar-refractivity contribution < 1.29 is 48.0 Å². The Hall–Kier alpha value is -3.55. The van der Waals surface area contributed by atoms with Gasteiger partial charge < -0.3 is 24.4 Å². The average Bonchev–Trinajstić information content (AvgIpc) is 3.48. The van der Waals surface area contributed by atoms with Crippen LogP contribution in [0.15, 0.2) is 15.8 Å². The highest BCUT2D eigenvalue weighted by molar-refractivity contribution is 5.79. The van der Waals surface area contributed by atoms with Gasteiger partial charge in [-0.15, -0.1) is 0 Å². The van der Waals surface area contributed by atoms with Gasteiger partial charge in [0.15, 0.2) is 0 Å². The molecule has 0 aliphatic carbocycles. The molecule has 1 saturated heterocycles. The van der Waals surface area contributed by atoms with Gasteiger partial charge in [-0.25, -0.2) is 4.79 Å². The van der Waals surface area contributed by atoms with E-state index < -0.39 is 84.2 Å². The number of carboxylic acids is 2. The summed E-state index contributed by atoms with van der Waals surface area (Å²) in [7, 11) is 0. The lowest BCUT2D eigenvalue weighted by Crippen LogP contribution is -2.34. The van der Waals surface area contributed by atoms with Gasteiger partial charge in [-0.2, -0.15) is 4.39 Å². The molecule has 13 nitrogen and oxygen atoms in total. The summed E-state index contributed by atoms with van der Waals surface area (Å²) in [6.45, 7) is 3.83.